The quantitative estimate of drug-likeness (QED) is 0.447. The Balaban J connectivity index is 1.75. The van der Waals surface area contributed by atoms with Gasteiger partial charge in [0.15, 0.2) is 0 Å². The molecule has 0 aliphatic heterocycles. The van der Waals surface area contributed by atoms with Crippen molar-refractivity contribution < 1.29 is 31.1 Å². The molecule has 0 aromatic carbocycles. The van der Waals surface area contributed by atoms with Crippen molar-refractivity contribution in [3.8, 4) is 11.1 Å². The molecule has 5 nitrogen and oxygen atoms in total. The van der Waals surface area contributed by atoms with Crippen LogP contribution in [-0.2, 0) is 19.8 Å². The second kappa shape index (κ2) is 8.23. The van der Waals surface area contributed by atoms with Gasteiger partial charge in [-0.1, -0.05) is 0 Å². The van der Waals surface area contributed by atoms with E-state index in [-0.39, 0.29) is 23.8 Å². The summed E-state index contributed by atoms with van der Waals surface area (Å²) < 4.78 is 81.5. The van der Waals surface area contributed by atoms with Crippen molar-refractivity contribution >= 4 is 17.2 Å². The first-order valence-corrected chi connectivity index (χ1v) is 10.4. The fraction of sp³-hybridized carbons (Fsp3) is 0.350. The van der Waals surface area contributed by atoms with E-state index in [4.69, 9.17) is 0 Å². The van der Waals surface area contributed by atoms with Crippen LogP contribution < -0.4 is 0 Å². The summed E-state index contributed by atoms with van der Waals surface area (Å²) in [4.78, 5) is 18.2. The van der Waals surface area contributed by atoms with Crippen molar-refractivity contribution in [1.82, 2.24) is 19.7 Å². The summed E-state index contributed by atoms with van der Waals surface area (Å²) >= 11 is 1.27. The zero-order valence-electron chi connectivity index (χ0n) is 16.5. The van der Waals surface area contributed by atoms with Crippen molar-refractivity contribution in [2.75, 3.05) is 0 Å². The van der Waals surface area contributed by atoms with Gasteiger partial charge in [-0.2, -0.15) is 34.0 Å². The van der Waals surface area contributed by atoms with Crippen LogP contribution in [0.25, 0.3) is 11.1 Å². The predicted molar refractivity (Wildman–Crippen MR) is 104 cm³/mol. The molecule has 3 heterocycles. The van der Waals surface area contributed by atoms with Crippen LogP contribution in [0, 0.1) is 5.95 Å². The minimum atomic E-state index is -4.62. The Labute approximate surface area is 182 Å². The second-order valence-corrected chi connectivity index (χ2v) is 8.15. The van der Waals surface area contributed by atoms with E-state index in [0.717, 1.165) is 13.1 Å². The van der Waals surface area contributed by atoms with E-state index in [1.807, 2.05) is 0 Å². The molecule has 0 spiro atoms. The zero-order valence-corrected chi connectivity index (χ0v) is 17.4. The van der Waals surface area contributed by atoms with Crippen molar-refractivity contribution in [3.05, 3.63) is 57.6 Å². The van der Waals surface area contributed by atoms with Gasteiger partial charge >= 0.3 is 6.18 Å². The van der Waals surface area contributed by atoms with Crippen molar-refractivity contribution in [3.63, 3.8) is 0 Å². The Morgan fingerprint density at radius 2 is 2.06 bits per heavy atom. The molecule has 32 heavy (non-hydrogen) atoms. The standard InChI is InChI=1S/C20H16F6N4OS/c1-29-18(23)15(16(28-29)17(21)22)19(31)30(12-2-3-12)8-14-13(10-4-5-32-9-10)6-11(7-27-14)20(24,25)26/h4-7,9,12,17H,2-3,8H2,1H3. The summed E-state index contributed by atoms with van der Waals surface area (Å²) in [7, 11) is 1.10. The molecule has 1 saturated carbocycles. The number of carbonyl (C=O) groups is 1. The van der Waals surface area contributed by atoms with E-state index < -0.39 is 41.3 Å². The van der Waals surface area contributed by atoms with Gasteiger partial charge in [0.2, 0.25) is 5.95 Å². The van der Waals surface area contributed by atoms with Crippen LogP contribution in [0.15, 0.2) is 29.1 Å². The number of alkyl halides is 5. The zero-order chi connectivity index (χ0) is 23.2. The Kier molecular flexibility index (Phi) is 5.74. The van der Waals surface area contributed by atoms with Gasteiger partial charge < -0.3 is 4.90 Å². The Morgan fingerprint density at radius 1 is 1.34 bits per heavy atom. The third-order valence-electron chi connectivity index (χ3n) is 5.12. The molecule has 1 aliphatic rings. The van der Waals surface area contributed by atoms with Crippen LogP contribution in [0.1, 0.15) is 46.6 Å². The normalized spacial score (nSPS) is 14.2. The molecule has 0 bridgehead atoms. The first-order chi connectivity index (χ1) is 15.1. The highest BCUT2D eigenvalue weighted by Gasteiger charge is 2.39. The molecule has 0 N–H and O–H groups in total. The summed E-state index contributed by atoms with van der Waals surface area (Å²) in [5.41, 5.74) is -1.96. The molecule has 0 radical (unpaired) electrons. The Bertz CT molecular complexity index is 1140. The lowest BCUT2D eigenvalue weighted by Gasteiger charge is -2.23. The van der Waals surface area contributed by atoms with Gasteiger partial charge in [0.25, 0.3) is 12.3 Å². The van der Waals surface area contributed by atoms with Crippen molar-refractivity contribution in [2.45, 2.75) is 38.0 Å². The maximum absolute atomic E-state index is 14.5. The summed E-state index contributed by atoms with van der Waals surface area (Å²) in [6.07, 6.45) is -6.00. The van der Waals surface area contributed by atoms with Crippen LogP contribution in [0.2, 0.25) is 0 Å². The van der Waals surface area contributed by atoms with Gasteiger partial charge in [0, 0.05) is 24.8 Å². The lowest BCUT2D eigenvalue weighted by molar-refractivity contribution is -0.137. The van der Waals surface area contributed by atoms with Crippen LogP contribution >= 0.6 is 11.3 Å². The molecule has 3 aromatic rings. The molecule has 0 saturated heterocycles. The van der Waals surface area contributed by atoms with Crippen molar-refractivity contribution in [2.24, 2.45) is 7.05 Å². The lowest BCUT2D eigenvalue weighted by atomic mass is 10.0. The van der Waals surface area contributed by atoms with Gasteiger partial charge in [0.1, 0.15) is 11.3 Å². The van der Waals surface area contributed by atoms with E-state index in [0.29, 0.717) is 29.3 Å². The van der Waals surface area contributed by atoms with E-state index in [1.54, 1.807) is 16.8 Å². The Hall–Kier alpha value is -2.89. The summed E-state index contributed by atoms with van der Waals surface area (Å²) in [5.74, 6) is -2.19. The molecule has 3 aromatic heterocycles. The number of hydrogen-bond donors (Lipinski definition) is 0. The van der Waals surface area contributed by atoms with Crippen LogP contribution in [0.5, 0.6) is 0 Å². The number of halogens is 6. The molecular weight excluding hydrogens is 458 g/mol. The molecule has 4 rings (SSSR count). The average Bonchev–Trinajstić information content (AvgIpc) is 3.32. The molecule has 0 atom stereocenters. The predicted octanol–water partition coefficient (Wildman–Crippen LogP) is 5.44. The molecule has 1 amide bonds. The first-order valence-electron chi connectivity index (χ1n) is 9.48. The SMILES string of the molecule is Cn1nc(C(F)F)c(C(=O)N(Cc2ncc(C(F)(F)F)cc2-c2ccsc2)C2CC2)c1F. The fourth-order valence-electron chi connectivity index (χ4n) is 3.37. The monoisotopic (exact) mass is 474 g/mol. The summed E-state index contributed by atoms with van der Waals surface area (Å²) in [6.45, 7) is -0.260. The topological polar surface area (TPSA) is 51.0 Å². The highest BCUT2D eigenvalue weighted by Crippen LogP contribution is 2.37. The first kappa shape index (κ1) is 22.3. The van der Waals surface area contributed by atoms with Crippen LogP contribution in [0.4, 0.5) is 26.3 Å². The third-order valence-corrected chi connectivity index (χ3v) is 5.81. The van der Waals surface area contributed by atoms with Crippen molar-refractivity contribution in [1.29, 1.82) is 0 Å². The highest BCUT2D eigenvalue weighted by molar-refractivity contribution is 7.08. The molecule has 0 unspecified atom stereocenters. The maximum atomic E-state index is 14.5. The fourth-order valence-corrected chi connectivity index (χ4v) is 4.03. The minimum Gasteiger partial charge on any atom is -0.330 e. The minimum absolute atomic E-state index is 0.152. The van der Waals surface area contributed by atoms with E-state index >= 15 is 0 Å². The number of carbonyl (C=O) groups excluding carboxylic acids is 1. The number of hydrogen-bond acceptors (Lipinski definition) is 4. The number of rotatable bonds is 6. The second-order valence-electron chi connectivity index (χ2n) is 7.37. The number of nitrogens with zero attached hydrogens (tertiary/aromatic N) is 4. The summed E-state index contributed by atoms with van der Waals surface area (Å²) in [5, 5.41) is 6.72. The van der Waals surface area contributed by atoms with E-state index in [1.165, 1.54) is 16.2 Å². The van der Waals surface area contributed by atoms with Gasteiger partial charge in [-0.15, -0.1) is 0 Å². The number of pyridine rings is 1. The molecule has 12 heteroatoms. The smallest absolute Gasteiger partial charge is 0.330 e. The Morgan fingerprint density at radius 3 is 2.62 bits per heavy atom. The van der Waals surface area contributed by atoms with E-state index in [2.05, 4.69) is 10.1 Å². The lowest BCUT2D eigenvalue weighted by Crippen LogP contribution is -2.34. The largest absolute Gasteiger partial charge is 0.417 e. The van der Waals surface area contributed by atoms with Crippen LogP contribution in [-0.4, -0.2) is 31.6 Å². The molecule has 1 fully saturated rings. The molecular formula is C20H16F6N4OS. The molecule has 170 valence electrons. The number of aromatic nitrogens is 3. The van der Waals surface area contributed by atoms with Gasteiger partial charge in [-0.3, -0.25) is 9.78 Å². The number of aryl methyl sites for hydroxylation is 1. The van der Waals surface area contributed by atoms with Gasteiger partial charge in [-0.25, -0.2) is 13.5 Å². The average molecular weight is 474 g/mol. The third kappa shape index (κ3) is 4.23. The maximum Gasteiger partial charge on any atom is 0.417 e. The van der Waals surface area contributed by atoms with Crippen LogP contribution in [0.3, 0.4) is 0 Å². The number of thiophene rings is 1. The summed E-state index contributed by atoms with van der Waals surface area (Å²) in [6, 6.07) is 2.20. The molecule has 1 aliphatic carbocycles. The highest BCUT2D eigenvalue weighted by atomic mass is 32.1. The number of amides is 1. The van der Waals surface area contributed by atoms with E-state index in [9.17, 15) is 31.1 Å². The van der Waals surface area contributed by atoms with Gasteiger partial charge in [0.05, 0.1) is 17.8 Å². The van der Waals surface area contributed by atoms with Gasteiger partial charge in [-0.05, 0) is 41.3 Å².